The van der Waals surface area contributed by atoms with Crippen molar-refractivity contribution >= 4 is 5.95 Å². The van der Waals surface area contributed by atoms with E-state index in [2.05, 4.69) is 9.97 Å². The molecule has 0 spiro atoms. The molecular formula is C16H18FN3O2. The van der Waals surface area contributed by atoms with Gasteiger partial charge in [-0.25, -0.2) is 14.4 Å². The molecule has 6 heteroatoms. The molecule has 0 saturated carbocycles. The Balaban J connectivity index is 1.71. The van der Waals surface area contributed by atoms with Gasteiger partial charge in [-0.3, -0.25) is 0 Å². The minimum atomic E-state index is -1.08. The average Bonchev–Trinajstić information content (AvgIpc) is 2.50. The van der Waals surface area contributed by atoms with Gasteiger partial charge in [0.2, 0.25) is 5.95 Å². The third kappa shape index (κ3) is 3.17. The van der Waals surface area contributed by atoms with Crippen LogP contribution in [0.1, 0.15) is 13.3 Å². The normalized spacial score (nSPS) is 25.0. The van der Waals surface area contributed by atoms with Gasteiger partial charge in [0.25, 0.3) is 0 Å². The second-order valence-electron chi connectivity index (χ2n) is 5.68. The maximum Gasteiger partial charge on any atom is 0.225 e. The lowest BCUT2D eigenvalue weighted by molar-refractivity contribution is -0.0563. The fraction of sp³-hybridized carbons (Fsp3) is 0.375. The summed E-state index contributed by atoms with van der Waals surface area (Å²) in [4.78, 5) is 10.3. The lowest BCUT2D eigenvalue weighted by Crippen LogP contribution is -2.57. The summed E-state index contributed by atoms with van der Waals surface area (Å²) in [5.74, 6) is 0.661. The molecule has 3 rings (SSSR count). The van der Waals surface area contributed by atoms with Gasteiger partial charge in [0.05, 0.1) is 6.54 Å². The van der Waals surface area contributed by atoms with Crippen molar-refractivity contribution in [1.82, 2.24) is 9.97 Å². The average molecular weight is 303 g/mol. The number of β-amino-alcohol motifs (C(OH)–C–C–N with tert-alkyl or cyclic N) is 1. The third-order valence-corrected chi connectivity index (χ3v) is 3.78. The highest BCUT2D eigenvalue weighted by atomic mass is 19.1. The molecule has 2 aromatic rings. The largest absolute Gasteiger partial charge is 0.487 e. The monoisotopic (exact) mass is 303 g/mol. The molecule has 1 fully saturated rings. The summed E-state index contributed by atoms with van der Waals surface area (Å²) in [7, 11) is 0. The lowest BCUT2D eigenvalue weighted by atomic mass is 9.91. The minimum absolute atomic E-state index is 0.354. The van der Waals surface area contributed by atoms with Gasteiger partial charge in [0.15, 0.2) is 0 Å². The highest BCUT2D eigenvalue weighted by Gasteiger charge is 2.40. The molecular weight excluding hydrogens is 285 g/mol. The fourth-order valence-corrected chi connectivity index (χ4v) is 2.67. The second-order valence-corrected chi connectivity index (χ2v) is 5.68. The first-order valence-electron chi connectivity index (χ1n) is 7.21. The van der Waals surface area contributed by atoms with E-state index < -0.39 is 11.7 Å². The maximum absolute atomic E-state index is 13.2. The first kappa shape index (κ1) is 14.7. The van der Waals surface area contributed by atoms with Crippen LogP contribution in [0, 0.1) is 5.82 Å². The van der Waals surface area contributed by atoms with Gasteiger partial charge in [0.1, 0.15) is 23.3 Å². The summed E-state index contributed by atoms with van der Waals surface area (Å²) < 4.78 is 19.0. The van der Waals surface area contributed by atoms with Crippen LogP contribution in [-0.2, 0) is 0 Å². The van der Waals surface area contributed by atoms with E-state index in [9.17, 15) is 9.50 Å². The van der Waals surface area contributed by atoms with E-state index in [1.807, 2.05) is 4.90 Å². The predicted octanol–water partition coefficient (Wildman–Crippen LogP) is 2.02. The van der Waals surface area contributed by atoms with Crippen LogP contribution in [0.2, 0.25) is 0 Å². The van der Waals surface area contributed by atoms with Crippen LogP contribution in [0.5, 0.6) is 5.75 Å². The van der Waals surface area contributed by atoms with E-state index in [0.717, 1.165) is 0 Å². The highest BCUT2D eigenvalue weighted by Crippen LogP contribution is 2.28. The smallest absolute Gasteiger partial charge is 0.225 e. The third-order valence-electron chi connectivity index (χ3n) is 3.78. The standard InChI is InChI=1S/C16H18FN3O2/c1-16(21)11-20(15-18-7-3-8-19-15)9-6-14(16)22-13-5-2-4-12(17)10-13/h2-5,7-8,10,14,21H,6,9,11H2,1H3/t14-,16-/m0/s1. The molecule has 0 amide bonds. The summed E-state index contributed by atoms with van der Waals surface area (Å²) in [5.41, 5.74) is -1.08. The molecule has 1 aromatic carbocycles. The predicted molar refractivity (Wildman–Crippen MR) is 80.3 cm³/mol. The van der Waals surface area contributed by atoms with Crippen LogP contribution in [-0.4, -0.2) is 39.9 Å². The van der Waals surface area contributed by atoms with Crippen LogP contribution >= 0.6 is 0 Å². The molecule has 0 radical (unpaired) electrons. The first-order chi connectivity index (χ1) is 10.5. The van der Waals surface area contributed by atoms with Crippen LogP contribution in [0.3, 0.4) is 0 Å². The van der Waals surface area contributed by atoms with Crippen molar-refractivity contribution in [1.29, 1.82) is 0 Å². The molecule has 2 atom stereocenters. The Labute approximate surface area is 128 Å². The first-order valence-corrected chi connectivity index (χ1v) is 7.21. The summed E-state index contributed by atoms with van der Waals surface area (Å²) in [5, 5.41) is 10.7. The topological polar surface area (TPSA) is 58.5 Å². The summed E-state index contributed by atoms with van der Waals surface area (Å²) in [6.45, 7) is 2.74. The summed E-state index contributed by atoms with van der Waals surface area (Å²) >= 11 is 0. The molecule has 0 unspecified atom stereocenters. The number of aromatic nitrogens is 2. The number of hydrogen-bond donors (Lipinski definition) is 1. The van der Waals surface area contributed by atoms with E-state index in [0.29, 0.717) is 31.2 Å². The second kappa shape index (κ2) is 5.88. The van der Waals surface area contributed by atoms with Crippen LogP contribution in [0.15, 0.2) is 42.7 Å². The Bertz CT molecular complexity index is 636. The molecule has 1 aromatic heterocycles. The van der Waals surface area contributed by atoms with Crippen molar-refractivity contribution < 1.29 is 14.2 Å². The molecule has 1 aliphatic heterocycles. The molecule has 1 saturated heterocycles. The van der Waals surface area contributed by atoms with Crippen LogP contribution < -0.4 is 9.64 Å². The Morgan fingerprint density at radius 1 is 1.32 bits per heavy atom. The highest BCUT2D eigenvalue weighted by molar-refractivity contribution is 5.32. The summed E-state index contributed by atoms with van der Waals surface area (Å²) in [6, 6.07) is 7.71. The van der Waals surface area contributed by atoms with Gasteiger partial charge in [-0.2, -0.15) is 0 Å². The molecule has 116 valence electrons. The Morgan fingerprint density at radius 2 is 2.09 bits per heavy atom. The van der Waals surface area contributed by atoms with E-state index in [-0.39, 0.29) is 5.82 Å². The number of hydrogen-bond acceptors (Lipinski definition) is 5. The molecule has 0 aliphatic carbocycles. The molecule has 5 nitrogen and oxygen atoms in total. The molecule has 0 bridgehead atoms. The van der Waals surface area contributed by atoms with Crippen molar-refractivity contribution in [2.75, 3.05) is 18.0 Å². The maximum atomic E-state index is 13.2. The Kier molecular flexibility index (Phi) is 3.94. The molecule has 2 heterocycles. The van der Waals surface area contributed by atoms with E-state index in [1.54, 1.807) is 37.5 Å². The van der Waals surface area contributed by atoms with E-state index in [1.165, 1.54) is 12.1 Å². The fourth-order valence-electron chi connectivity index (χ4n) is 2.67. The van der Waals surface area contributed by atoms with Crippen LogP contribution in [0.4, 0.5) is 10.3 Å². The number of aliphatic hydroxyl groups is 1. The Morgan fingerprint density at radius 3 is 2.77 bits per heavy atom. The number of ether oxygens (including phenoxy) is 1. The lowest BCUT2D eigenvalue weighted by Gasteiger charge is -2.42. The van der Waals surface area contributed by atoms with Gasteiger partial charge in [-0.05, 0) is 25.1 Å². The number of benzene rings is 1. The van der Waals surface area contributed by atoms with Gasteiger partial charge in [0, 0.05) is 31.4 Å². The zero-order chi connectivity index (χ0) is 15.6. The zero-order valence-electron chi connectivity index (χ0n) is 12.3. The van der Waals surface area contributed by atoms with Gasteiger partial charge < -0.3 is 14.7 Å². The van der Waals surface area contributed by atoms with E-state index >= 15 is 0 Å². The molecule has 1 aliphatic rings. The van der Waals surface area contributed by atoms with Crippen LogP contribution in [0.25, 0.3) is 0 Å². The number of rotatable bonds is 3. The van der Waals surface area contributed by atoms with Crippen molar-refractivity contribution in [3.8, 4) is 5.75 Å². The minimum Gasteiger partial charge on any atom is -0.487 e. The van der Waals surface area contributed by atoms with Crippen molar-refractivity contribution in [3.05, 3.63) is 48.5 Å². The number of halogens is 1. The van der Waals surface area contributed by atoms with Crippen molar-refractivity contribution in [2.24, 2.45) is 0 Å². The zero-order valence-corrected chi connectivity index (χ0v) is 12.3. The van der Waals surface area contributed by atoms with Crippen molar-refractivity contribution in [2.45, 2.75) is 25.0 Å². The molecule has 1 N–H and O–H groups in total. The quantitative estimate of drug-likeness (QED) is 0.940. The number of anilines is 1. The number of nitrogens with zero attached hydrogens (tertiary/aromatic N) is 3. The van der Waals surface area contributed by atoms with Gasteiger partial charge in [-0.15, -0.1) is 0 Å². The number of piperidine rings is 1. The van der Waals surface area contributed by atoms with Gasteiger partial charge in [-0.1, -0.05) is 6.07 Å². The Hall–Kier alpha value is -2.21. The van der Waals surface area contributed by atoms with Crippen molar-refractivity contribution in [3.63, 3.8) is 0 Å². The van der Waals surface area contributed by atoms with Gasteiger partial charge >= 0.3 is 0 Å². The summed E-state index contributed by atoms with van der Waals surface area (Å²) in [6.07, 6.45) is 3.54. The van der Waals surface area contributed by atoms with E-state index in [4.69, 9.17) is 4.74 Å². The SMILES string of the molecule is C[C@]1(O)CN(c2ncccn2)CC[C@@H]1Oc1cccc(F)c1. The molecule has 22 heavy (non-hydrogen) atoms.